The quantitative estimate of drug-likeness (QED) is 0.672. The van der Waals surface area contributed by atoms with Gasteiger partial charge < -0.3 is 0 Å². The topological polar surface area (TPSA) is 25.8 Å². The predicted octanol–water partition coefficient (Wildman–Crippen LogP) is 4.04. The molecule has 0 aliphatic carbocycles. The summed E-state index contributed by atoms with van der Waals surface area (Å²) in [6.07, 6.45) is 1.37. The van der Waals surface area contributed by atoms with E-state index in [2.05, 4.69) is 9.97 Å². The Balaban J connectivity index is 3.04. The molecule has 0 fully saturated rings. The SMILES string of the molecule is Cc1c(Cl)nc(Cl)c2cnc(Cl)c(F)c12. The highest BCUT2D eigenvalue weighted by atomic mass is 35.5. The third kappa shape index (κ3) is 1.65. The van der Waals surface area contributed by atoms with Crippen LogP contribution in [0.15, 0.2) is 6.20 Å². The second-order valence-electron chi connectivity index (χ2n) is 2.97. The van der Waals surface area contributed by atoms with Crippen molar-refractivity contribution in [1.82, 2.24) is 9.97 Å². The largest absolute Gasteiger partial charge is 0.241 e. The van der Waals surface area contributed by atoms with E-state index in [9.17, 15) is 4.39 Å². The van der Waals surface area contributed by atoms with Crippen molar-refractivity contribution in [2.75, 3.05) is 0 Å². The number of hydrogen-bond acceptors (Lipinski definition) is 2. The summed E-state index contributed by atoms with van der Waals surface area (Å²) < 4.78 is 13.7. The highest BCUT2D eigenvalue weighted by Gasteiger charge is 2.15. The maximum Gasteiger partial charge on any atom is 0.168 e. The Morgan fingerprint density at radius 3 is 2.47 bits per heavy atom. The van der Waals surface area contributed by atoms with Crippen LogP contribution in [0, 0.1) is 12.7 Å². The molecule has 0 aliphatic rings. The lowest BCUT2D eigenvalue weighted by atomic mass is 10.1. The Morgan fingerprint density at radius 1 is 1.13 bits per heavy atom. The molecule has 6 heteroatoms. The molecule has 2 aromatic heterocycles. The molecule has 78 valence electrons. The number of nitrogens with zero attached hydrogens (tertiary/aromatic N) is 2. The molecule has 0 spiro atoms. The lowest BCUT2D eigenvalue weighted by Crippen LogP contribution is -1.93. The van der Waals surface area contributed by atoms with Gasteiger partial charge >= 0.3 is 0 Å². The molecule has 2 rings (SSSR count). The van der Waals surface area contributed by atoms with E-state index in [-0.39, 0.29) is 20.8 Å². The van der Waals surface area contributed by atoms with Crippen molar-refractivity contribution in [1.29, 1.82) is 0 Å². The van der Waals surface area contributed by atoms with Crippen molar-refractivity contribution in [3.05, 3.63) is 33.0 Å². The maximum absolute atomic E-state index is 13.7. The number of halogens is 4. The number of rotatable bonds is 0. The molecule has 2 heterocycles. The van der Waals surface area contributed by atoms with Gasteiger partial charge in [-0.25, -0.2) is 14.4 Å². The second-order valence-corrected chi connectivity index (χ2v) is 4.04. The van der Waals surface area contributed by atoms with E-state index in [1.807, 2.05) is 0 Å². The molecule has 0 aliphatic heterocycles. The van der Waals surface area contributed by atoms with E-state index in [1.165, 1.54) is 6.20 Å². The first kappa shape index (κ1) is 10.9. The van der Waals surface area contributed by atoms with Crippen molar-refractivity contribution in [3.8, 4) is 0 Å². The van der Waals surface area contributed by atoms with Crippen LogP contribution in [0.25, 0.3) is 10.8 Å². The number of pyridine rings is 2. The van der Waals surface area contributed by atoms with Gasteiger partial charge in [-0.15, -0.1) is 0 Å². The van der Waals surface area contributed by atoms with Gasteiger partial charge in [0.25, 0.3) is 0 Å². The van der Waals surface area contributed by atoms with Gasteiger partial charge in [0.2, 0.25) is 0 Å². The van der Waals surface area contributed by atoms with Crippen molar-refractivity contribution in [2.45, 2.75) is 6.92 Å². The summed E-state index contributed by atoms with van der Waals surface area (Å²) in [6.45, 7) is 1.65. The Hall–Kier alpha value is -0.640. The van der Waals surface area contributed by atoms with Crippen LogP contribution in [0.5, 0.6) is 0 Å². The molecule has 0 aromatic carbocycles. The van der Waals surface area contributed by atoms with Gasteiger partial charge in [-0.2, -0.15) is 0 Å². The first-order chi connectivity index (χ1) is 7.02. The molecule has 0 amide bonds. The Kier molecular flexibility index (Phi) is 2.71. The van der Waals surface area contributed by atoms with Crippen LogP contribution in [0.1, 0.15) is 5.56 Å². The van der Waals surface area contributed by atoms with Gasteiger partial charge in [0.1, 0.15) is 10.3 Å². The minimum absolute atomic E-state index is 0.115. The van der Waals surface area contributed by atoms with Crippen molar-refractivity contribution < 1.29 is 4.39 Å². The standard InChI is InChI=1S/C9H4Cl3FN2/c1-3-5-4(8(11)15-7(3)10)2-14-9(12)6(5)13/h2H,1H3. The molecule has 0 unspecified atom stereocenters. The third-order valence-electron chi connectivity index (χ3n) is 2.08. The minimum atomic E-state index is -0.627. The van der Waals surface area contributed by atoms with E-state index in [0.717, 1.165) is 0 Å². The lowest BCUT2D eigenvalue weighted by molar-refractivity contribution is 0.634. The zero-order chi connectivity index (χ0) is 11.2. The van der Waals surface area contributed by atoms with E-state index in [0.29, 0.717) is 10.9 Å². The minimum Gasteiger partial charge on any atom is -0.241 e. The van der Waals surface area contributed by atoms with E-state index < -0.39 is 5.82 Å². The van der Waals surface area contributed by atoms with Gasteiger partial charge in [0, 0.05) is 17.0 Å². The fourth-order valence-electron chi connectivity index (χ4n) is 1.32. The maximum atomic E-state index is 13.7. The lowest BCUT2D eigenvalue weighted by Gasteiger charge is -2.06. The summed E-state index contributed by atoms with van der Waals surface area (Å²) in [7, 11) is 0. The molecule has 0 radical (unpaired) electrons. The number of hydrogen-bond donors (Lipinski definition) is 0. The van der Waals surface area contributed by atoms with Gasteiger partial charge in [-0.05, 0) is 12.5 Å². The van der Waals surface area contributed by atoms with Crippen LogP contribution in [0.3, 0.4) is 0 Å². The molecule has 0 atom stereocenters. The zero-order valence-corrected chi connectivity index (χ0v) is 9.75. The van der Waals surface area contributed by atoms with Crippen LogP contribution in [-0.4, -0.2) is 9.97 Å². The number of fused-ring (bicyclic) bond motifs is 1. The first-order valence-corrected chi connectivity index (χ1v) is 5.11. The summed E-state index contributed by atoms with van der Waals surface area (Å²) >= 11 is 17.2. The second kappa shape index (κ2) is 3.74. The molecule has 0 saturated heterocycles. The highest BCUT2D eigenvalue weighted by Crippen LogP contribution is 2.32. The number of aromatic nitrogens is 2. The Bertz CT molecular complexity index is 549. The van der Waals surface area contributed by atoms with Crippen LogP contribution in [-0.2, 0) is 0 Å². The average molecular weight is 266 g/mol. The molecule has 0 saturated carbocycles. The summed E-state index contributed by atoms with van der Waals surface area (Å²) in [5.41, 5.74) is 0.498. The molecule has 0 bridgehead atoms. The monoisotopic (exact) mass is 264 g/mol. The van der Waals surface area contributed by atoms with Crippen molar-refractivity contribution in [3.63, 3.8) is 0 Å². The van der Waals surface area contributed by atoms with Crippen molar-refractivity contribution in [2.24, 2.45) is 0 Å². The average Bonchev–Trinajstić information content (AvgIpc) is 2.19. The van der Waals surface area contributed by atoms with Crippen LogP contribution >= 0.6 is 34.8 Å². The highest BCUT2D eigenvalue weighted by molar-refractivity contribution is 6.37. The van der Waals surface area contributed by atoms with E-state index in [1.54, 1.807) is 6.92 Å². The molecular weight excluding hydrogens is 261 g/mol. The number of aryl methyl sites for hydroxylation is 1. The third-order valence-corrected chi connectivity index (χ3v) is 3.00. The van der Waals surface area contributed by atoms with Gasteiger partial charge in [-0.1, -0.05) is 34.8 Å². The van der Waals surface area contributed by atoms with Crippen LogP contribution < -0.4 is 0 Å². The Morgan fingerprint density at radius 2 is 1.80 bits per heavy atom. The van der Waals surface area contributed by atoms with Gasteiger partial charge in [0.05, 0.1) is 0 Å². The first-order valence-electron chi connectivity index (χ1n) is 3.97. The molecule has 2 aromatic rings. The molecule has 2 nitrogen and oxygen atoms in total. The fraction of sp³-hybridized carbons (Fsp3) is 0.111. The predicted molar refractivity (Wildman–Crippen MR) is 59.3 cm³/mol. The van der Waals surface area contributed by atoms with Crippen molar-refractivity contribution >= 4 is 45.6 Å². The molecule has 15 heavy (non-hydrogen) atoms. The van der Waals surface area contributed by atoms with Crippen LogP contribution in [0.2, 0.25) is 15.5 Å². The van der Waals surface area contributed by atoms with Gasteiger partial charge in [0.15, 0.2) is 11.0 Å². The normalized spacial score (nSPS) is 11.0. The van der Waals surface area contributed by atoms with E-state index >= 15 is 0 Å². The van der Waals surface area contributed by atoms with E-state index in [4.69, 9.17) is 34.8 Å². The molecular formula is C9H4Cl3FN2. The zero-order valence-electron chi connectivity index (χ0n) is 7.48. The van der Waals surface area contributed by atoms with Crippen LogP contribution in [0.4, 0.5) is 4.39 Å². The van der Waals surface area contributed by atoms with Gasteiger partial charge in [-0.3, -0.25) is 0 Å². The summed E-state index contributed by atoms with van der Waals surface area (Å²) in [6, 6.07) is 0. The summed E-state index contributed by atoms with van der Waals surface area (Å²) in [5, 5.41) is 0.738. The Labute approximate surface area is 100.0 Å². The molecule has 0 N–H and O–H groups in total. The summed E-state index contributed by atoms with van der Waals surface area (Å²) in [5.74, 6) is -0.627. The smallest absolute Gasteiger partial charge is 0.168 e. The fourth-order valence-corrected chi connectivity index (χ4v) is 1.91. The summed E-state index contributed by atoms with van der Waals surface area (Å²) in [4.78, 5) is 7.51.